The van der Waals surface area contributed by atoms with Crippen molar-refractivity contribution in [1.82, 2.24) is 9.44 Å². The molecule has 42 heavy (non-hydrogen) atoms. The number of benzene rings is 4. The van der Waals surface area contributed by atoms with Crippen LogP contribution in [0.15, 0.2) is 107 Å². The predicted octanol–water partition coefficient (Wildman–Crippen LogP) is 3.84. The van der Waals surface area contributed by atoms with Crippen LogP contribution >= 0.6 is 0 Å². The number of nitrogens with one attached hydrogen (secondary N) is 2. The average molecular weight is 615 g/mol. The Morgan fingerprint density at radius 1 is 0.667 bits per heavy atom. The first kappa shape index (κ1) is 32.0. The van der Waals surface area contributed by atoms with Gasteiger partial charge in [0.15, 0.2) is 4.90 Å². The normalized spacial score (nSPS) is 11.2. The first-order valence-electron chi connectivity index (χ1n) is 12.3. The number of hydrogen-bond acceptors (Lipinski definition) is 9. The molecule has 0 saturated heterocycles. The molecule has 0 heterocycles. The van der Waals surface area contributed by atoms with Crippen LogP contribution in [0.2, 0.25) is 0 Å². The van der Waals surface area contributed by atoms with Crippen LogP contribution in [0.3, 0.4) is 0 Å². The molecule has 0 aliphatic rings. The number of hydrogen-bond donors (Lipinski definition) is 3. The second-order valence-electron chi connectivity index (χ2n) is 8.61. The Kier molecular flexibility index (Phi) is 11.0. The highest BCUT2D eigenvalue weighted by molar-refractivity contribution is 7.90. The van der Waals surface area contributed by atoms with Crippen LogP contribution in [0, 0.1) is 10.1 Å². The molecule has 4 N–H and O–H groups in total. The summed E-state index contributed by atoms with van der Waals surface area (Å²) in [5.41, 5.74) is 7.00. The number of rotatable bonds is 11. The van der Waals surface area contributed by atoms with E-state index in [0.717, 1.165) is 17.4 Å². The van der Waals surface area contributed by atoms with E-state index in [4.69, 9.17) is 15.2 Å². The molecule has 4 aromatic rings. The van der Waals surface area contributed by atoms with Gasteiger partial charge in [-0.1, -0.05) is 48.5 Å². The van der Waals surface area contributed by atoms with Crippen LogP contribution in [0.4, 0.5) is 11.4 Å². The maximum atomic E-state index is 12.2. The van der Waals surface area contributed by atoms with Crippen LogP contribution in [0.1, 0.15) is 11.1 Å². The molecule has 0 aliphatic heterocycles. The second kappa shape index (κ2) is 14.4. The van der Waals surface area contributed by atoms with E-state index >= 15 is 0 Å². The van der Waals surface area contributed by atoms with E-state index in [1.54, 1.807) is 73.8 Å². The van der Waals surface area contributed by atoms with Crippen molar-refractivity contribution in [3.63, 3.8) is 0 Å². The zero-order chi connectivity index (χ0) is 30.8. The summed E-state index contributed by atoms with van der Waals surface area (Å²) in [6.07, 6.45) is 0. The number of ether oxygens (including phenoxy) is 2. The van der Waals surface area contributed by atoms with Gasteiger partial charge in [-0.25, -0.2) is 26.3 Å². The number of nitrogens with zero attached hydrogens (tertiary/aromatic N) is 1. The summed E-state index contributed by atoms with van der Waals surface area (Å²) in [6, 6.07) is 25.6. The van der Waals surface area contributed by atoms with Gasteiger partial charge in [0.25, 0.3) is 5.69 Å². The molecular formula is C28H30N4O8S2. The molecule has 0 amide bonds. The molecule has 4 rings (SSSR count). The summed E-state index contributed by atoms with van der Waals surface area (Å²) in [6.45, 7) is 0.221. The van der Waals surface area contributed by atoms with Crippen molar-refractivity contribution in [3.8, 4) is 11.5 Å². The molecule has 12 nitrogen and oxygen atoms in total. The van der Waals surface area contributed by atoms with Gasteiger partial charge in [-0.2, -0.15) is 0 Å². The van der Waals surface area contributed by atoms with Gasteiger partial charge in [-0.3, -0.25) is 10.1 Å². The predicted molar refractivity (Wildman–Crippen MR) is 158 cm³/mol. The Morgan fingerprint density at radius 3 is 1.50 bits per heavy atom. The molecule has 0 aromatic heterocycles. The standard InChI is InChI=1S/C14H14N2O5S.C14H16N2O3S/c1-21-12-8-6-11(7-9-12)10-15-22(19,20)14-5-3-2-4-13(14)16(17)18;1-19-12-8-6-11(7-9-12)10-16-20(17,18)14-5-3-2-4-13(14)15/h2-9,15H,10H2,1H3;2-9,16H,10,15H2,1H3. The van der Waals surface area contributed by atoms with Crippen molar-refractivity contribution < 1.29 is 31.2 Å². The largest absolute Gasteiger partial charge is 0.497 e. The van der Waals surface area contributed by atoms with Gasteiger partial charge in [0, 0.05) is 19.2 Å². The zero-order valence-corrected chi connectivity index (χ0v) is 24.4. The van der Waals surface area contributed by atoms with Gasteiger partial charge in [0.05, 0.1) is 24.8 Å². The SMILES string of the molecule is COc1ccc(CNS(=O)(=O)c2ccccc2N)cc1.COc1ccc(CNS(=O)(=O)c2ccccc2[N+](=O)[O-])cc1. The molecule has 0 atom stereocenters. The quantitative estimate of drug-likeness (QED) is 0.128. The number of para-hydroxylation sites is 2. The van der Waals surface area contributed by atoms with Gasteiger partial charge >= 0.3 is 0 Å². The minimum absolute atomic E-state index is 0.0262. The lowest BCUT2D eigenvalue weighted by Gasteiger charge is -2.09. The van der Waals surface area contributed by atoms with Crippen LogP contribution < -0.4 is 24.7 Å². The van der Waals surface area contributed by atoms with Gasteiger partial charge in [0.2, 0.25) is 20.0 Å². The van der Waals surface area contributed by atoms with Crippen molar-refractivity contribution in [2.24, 2.45) is 0 Å². The summed E-state index contributed by atoms with van der Waals surface area (Å²) in [7, 11) is -4.47. The van der Waals surface area contributed by atoms with Gasteiger partial charge in [-0.05, 0) is 53.6 Å². The molecule has 0 spiro atoms. The Bertz CT molecular complexity index is 1710. The molecule has 0 unspecified atom stereocenters. The Labute approximate surface area is 244 Å². The van der Waals surface area contributed by atoms with E-state index in [9.17, 15) is 26.9 Å². The van der Waals surface area contributed by atoms with E-state index in [1.165, 1.54) is 31.4 Å². The molecule has 14 heteroatoms. The first-order valence-corrected chi connectivity index (χ1v) is 15.3. The molecule has 0 aliphatic carbocycles. The Balaban J connectivity index is 0.000000231. The number of methoxy groups -OCH3 is 2. The monoisotopic (exact) mass is 614 g/mol. The first-order chi connectivity index (χ1) is 20.0. The van der Waals surface area contributed by atoms with Crippen molar-refractivity contribution in [2.75, 3.05) is 20.0 Å². The number of anilines is 1. The van der Waals surface area contributed by atoms with Crippen LogP contribution in [0.5, 0.6) is 11.5 Å². The highest BCUT2D eigenvalue weighted by Crippen LogP contribution is 2.23. The van der Waals surface area contributed by atoms with E-state index in [-0.39, 0.29) is 28.6 Å². The van der Waals surface area contributed by atoms with E-state index < -0.39 is 30.7 Å². The Morgan fingerprint density at radius 2 is 1.07 bits per heavy atom. The fourth-order valence-corrected chi connectivity index (χ4v) is 5.90. The summed E-state index contributed by atoms with van der Waals surface area (Å²) in [5.74, 6) is 1.38. The van der Waals surface area contributed by atoms with E-state index in [0.29, 0.717) is 11.3 Å². The average Bonchev–Trinajstić information content (AvgIpc) is 3.00. The van der Waals surface area contributed by atoms with Gasteiger partial charge in [0.1, 0.15) is 16.4 Å². The topological polar surface area (TPSA) is 180 Å². The third kappa shape index (κ3) is 8.75. The molecule has 0 fully saturated rings. The Hall–Kier alpha value is -4.50. The molecule has 0 radical (unpaired) electrons. The fourth-order valence-electron chi connectivity index (χ4n) is 3.56. The lowest BCUT2D eigenvalue weighted by Crippen LogP contribution is -2.24. The van der Waals surface area contributed by atoms with Crippen LogP contribution in [-0.4, -0.2) is 36.0 Å². The molecule has 0 saturated carbocycles. The molecule has 222 valence electrons. The van der Waals surface area contributed by atoms with Crippen molar-refractivity contribution in [1.29, 1.82) is 0 Å². The highest BCUT2D eigenvalue weighted by Gasteiger charge is 2.24. The third-order valence-corrected chi connectivity index (χ3v) is 8.73. The van der Waals surface area contributed by atoms with Gasteiger partial charge < -0.3 is 15.2 Å². The number of nitrogens with two attached hydrogens (primary N) is 1. The lowest BCUT2D eigenvalue weighted by atomic mass is 10.2. The van der Waals surface area contributed by atoms with E-state index in [2.05, 4.69) is 9.44 Å². The smallest absolute Gasteiger partial charge is 0.289 e. The number of nitrogen functional groups attached to an aromatic ring is 1. The van der Waals surface area contributed by atoms with Crippen molar-refractivity contribution in [2.45, 2.75) is 22.9 Å². The minimum Gasteiger partial charge on any atom is -0.497 e. The summed E-state index contributed by atoms with van der Waals surface area (Å²) < 4.78 is 63.6. The summed E-state index contributed by atoms with van der Waals surface area (Å²) in [4.78, 5) is 9.93. The minimum atomic E-state index is -3.97. The zero-order valence-electron chi connectivity index (χ0n) is 22.8. The molecular weight excluding hydrogens is 584 g/mol. The summed E-state index contributed by atoms with van der Waals surface area (Å²) >= 11 is 0. The van der Waals surface area contributed by atoms with Gasteiger partial charge in [-0.15, -0.1) is 0 Å². The maximum absolute atomic E-state index is 12.2. The molecule has 0 bridgehead atoms. The maximum Gasteiger partial charge on any atom is 0.289 e. The fraction of sp³-hybridized carbons (Fsp3) is 0.143. The highest BCUT2D eigenvalue weighted by atomic mass is 32.2. The number of nitro benzene ring substituents is 1. The van der Waals surface area contributed by atoms with Crippen LogP contribution in [-0.2, 0) is 33.1 Å². The third-order valence-electron chi connectivity index (χ3n) is 5.81. The number of sulfonamides is 2. The van der Waals surface area contributed by atoms with Crippen molar-refractivity contribution >= 4 is 31.4 Å². The lowest BCUT2D eigenvalue weighted by molar-refractivity contribution is -0.387. The van der Waals surface area contributed by atoms with Crippen molar-refractivity contribution in [3.05, 3.63) is 118 Å². The van der Waals surface area contributed by atoms with Crippen LogP contribution in [0.25, 0.3) is 0 Å². The number of nitro groups is 1. The summed E-state index contributed by atoms with van der Waals surface area (Å²) in [5, 5.41) is 10.9. The second-order valence-corrected chi connectivity index (χ2v) is 12.1. The molecule has 4 aromatic carbocycles. The van der Waals surface area contributed by atoms with E-state index in [1.807, 2.05) is 0 Å².